The predicted molar refractivity (Wildman–Crippen MR) is 95.3 cm³/mol. The third-order valence-electron chi connectivity index (χ3n) is 3.76. The second kappa shape index (κ2) is 6.37. The number of carbonyl (C=O) groups is 1. The summed E-state index contributed by atoms with van der Waals surface area (Å²) in [5.41, 5.74) is 14.6. The van der Waals surface area contributed by atoms with Gasteiger partial charge in [0.25, 0.3) is 5.91 Å². The number of nitrogens with two attached hydrogens (primary N) is 2. The normalized spacial score (nSPS) is 12.7. The zero-order chi connectivity index (χ0) is 17.3. The summed E-state index contributed by atoms with van der Waals surface area (Å²) in [5.74, 6) is -0.0849. The van der Waals surface area contributed by atoms with E-state index in [1.807, 2.05) is 31.2 Å². The van der Waals surface area contributed by atoms with Crippen molar-refractivity contribution in [2.24, 2.45) is 16.5 Å². The minimum Gasteiger partial charge on any atom is -0.489 e. The van der Waals surface area contributed by atoms with Gasteiger partial charge in [-0.3, -0.25) is 4.79 Å². The van der Waals surface area contributed by atoms with Gasteiger partial charge in [-0.15, -0.1) is 0 Å². The summed E-state index contributed by atoms with van der Waals surface area (Å²) >= 11 is 6.40. The number of aliphatic imine (C=N–C) groups is 1. The second-order valence-corrected chi connectivity index (χ2v) is 5.82. The van der Waals surface area contributed by atoms with Crippen LogP contribution in [0.25, 0.3) is 5.57 Å². The van der Waals surface area contributed by atoms with Crippen LogP contribution in [-0.2, 0) is 0 Å². The fourth-order valence-electron chi connectivity index (χ4n) is 2.72. The molecule has 0 spiro atoms. The van der Waals surface area contributed by atoms with E-state index in [1.54, 1.807) is 18.2 Å². The first-order valence-electron chi connectivity index (χ1n) is 7.34. The Hall–Kier alpha value is -2.79. The summed E-state index contributed by atoms with van der Waals surface area (Å²) in [4.78, 5) is 15.7. The topological polar surface area (TPSA) is 90.7 Å². The van der Waals surface area contributed by atoms with E-state index in [9.17, 15) is 4.79 Å². The zero-order valence-corrected chi connectivity index (χ0v) is 13.8. The van der Waals surface area contributed by atoms with Crippen LogP contribution in [-0.4, -0.2) is 18.5 Å². The van der Waals surface area contributed by atoms with E-state index in [-0.39, 0.29) is 5.96 Å². The van der Waals surface area contributed by atoms with E-state index in [2.05, 4.69) is 4.99 Å². The van der Waals surface area contributed by atoms with Gasteiger partial charge in [-0.2, -0.15) is 4.99 Å². The number of ether oxygens (including phenoxy) is 1. The van der Waals surface area contributed by atoms with Crippen molar-refractivity contribution in [3.63, 3.8) is 0 Å². The van der Waals surface area contributed by atoms with Gasteiger partial charge in [-0.25, -0.2) is 0 Å². The van der Waals surface area contributed by atoms with E-state index >= 15 is 0 Å². The fraction of sp³-hybridized carbons (Fsp3) is 0.111. The van der Waals surface area contributed by atoms with Gasteiger partial charge in [0.05, 0.1) is 0 Å². The van der Waals surface area contributed by atoms with Crippen molar-refractivity contribution in [2.45, 2.75) is 6.92 Å². The first-order chi connectivity index (χ1) is 11.5. The summed E-state index contributed by atoms with van der Waals surface area (Å²) in [6.45, 7) is 2.43. The molecule has 1 aliphatic rings. The van der Waals surface area contributed by atoms with Crippen LogP contribution < -0.4 is 16.2 Å². The van der Waals surface area contributed by atoms with Gasteiger partial charge in [0.15, 0.2) is 5.96 Å². The number of hydrogen-bond donors (Lipinski definition) is 2. The molecule has 122 valence electrons. The summed E-state index contributed by atoms with van der Waals surface area (Å²) in [6, 6.07) is 10.8. The average Bonchev–Trinajstić information content (AvgIpc) is 2.53. The maximum Gasteiger partial charge on any atom is 0.280 e. The maximum atomic E-state index is 12.1. The lowest BCUT2D eigenvalue weighted by atomic mass is 9.91. The van der Waals surface area contributed by atoms with E-state index in [0.717, 1.165) is 22.3 Å². The molecule has 5 nitrogen and oxygen atoms in total. The Morgan fingerprint density at radius 3 is 2.75 bits per heavy atom. The number of amides is 1. The molecule has 1 aliphatic heterocycles. The van der Waals surface area contributed by atoms with Crippen molar-refractivity contribution in [1.82, 2.24) is 0 Å². The Bertz CT molecular complexity index is 864. The van der Waals surface area contributed by atoms with Crippen molar-refractivity contribution < 1.29 is 9.53 Å². The van der Waals surface area contributed by atoms with Crippen LogP contribution in [0, 0.1) is 6.92 Å². The van der Waals surface area contributed by atoms with E-state index < -0.39 is 5.91 Å². The molecule has 2 aromatic carbocycles. The third kappa shape index (κ3) is 2.98. The number of fused-ring (bicyclic) bond motifs is 1. The number of carbonyl (C=O) groups excluding carboxylic acids is 1. The lowest BCUT2D eigenvalue weighted by Crippen LogP contribution is -2.24. The Kier molecular flexibility index (Phi) is 4.27. The van der Waals surface area contributed by atoms with Gasteiger partial charge in [-0.1, -0.05) is 23.7 Å². The van der Waals surface area contributed by atoms with Crippen molar-refractivity contribution in [2.75, 3.05) is 6.61 Å². The van der Waals surface area contributed by atoms with Crippen LogP contribution in [0.4, 0.5) is 0 Å². The summed E-state index contributed by atoms with van der Waals surface area (Å²) in [6.07, 6.45) is 1.95. The smallest absolute Gasteiger partial charge is 0.280 e. The van der Waals surface area contributed by atoms with E-state index in [0.29, 0.717) is 22.9 Å². The van der Waals surface area contributed by atoms with Crippen molar-refractivity contribution >= 4 is 29.0 Å². The molecule has 0 fully saturated rings. The van der Waals surface area contributed by atoms with Crippen LogP contribution in [0.5, 0.6) is 5.75 Å². The number of rotatable bonds is 2. The molecule has 2 aromatic rings. The molecule has 1 heterocycles. The molecule has 0 aliphatic carbocycles. The molecule has 0 saturated heterocycles. The number of hydrogen-bond acceptors (Lipinski definition) is 2. The predicted octanol–water partition coefficient (Wildman–Crippen LogP) is 2.89. The van der Waals surface area contributed by atoms with Crippen LogP contribution in [0.15, 0.2) is 47.5 Å². The first-order valence-corrected chi connectivity index (χ1v) is 7.72. The quantitative estimate of drug-likeness (QED) is 0.649. The average molecular weight is 342 g/mol. The number of nitrogens with zero attached hydrogens (tertiary/aromatic N) is 1. The molecule has 0 radical (unpaired) electrons. The van der Waals surface area contributed by atoms with Crippen LogP contribution in [0.2, 0.25) is 5.02 Å². The van der Waals surface area contributed by atoms with E-state index in [4.69, 9.17) is 27.8 Å². The standard InChI is InChI=1S/C18H16ClN3O2/c1-10-3-2-4-14(19)16(10)12-7-8-24-15-6-5-11(9-13(12)15)17(23)22-18(20)21/h2-7,9H,8H2,1H3,(H4,20,21,22,23). The zero-order valence-electron chi connectivity index (χ0n) is 13.0. The fourth-order valence-corrected chi connectivity index (χ4v) is 3.04. The maximum absolute atomic E-state index is 12.1. The van der Waals surface area contributed by atoms with Crippen molar-refractivity contribution in [3.8, 4) is 5.75 Å². The van der Waals surface area contributed by atoms with Crippen LogP contribution in [0.3, 0.4) is 0 Å². The highest BCUT2D eigenvalue weighted by Gasteiger charge is 2.20. The summed E-state index contributed by atoms with van der Waals surface area (Å²) < 4.78 is 5.65. The number of halogens is 1. The second-order valence-electron chi connectivity index (χ2n) is 5.41. The molecule has 0 bridgehead atoms. The highest BCUT2D eigenvalue weighted by Crippen LogP contribution is 2.39. The van der Waals surface area contributed by atoms with Crippen molar-refractivity contribution in [1.29, 1.82) is 0 Å². The Balaban J connectivity index is 2.13. The molecular weight excluding hydrogens is 326 g/mol. The Morgan fingerprint density at radius 1 is 1.25 bits per heavy atom. The van der Waals surface area contributed by atoms with E-state index in [1.165, 1.54) is 0 Å². The highest BCUT2D eigenvalue weighted by atomic mass is 35.5. The summed E-state index contributed by atoms with van der Waals surface area (Å²) in [7, 11) is 0. The van der Waals surface area contributed by atoms with Crippen LogP contribution >= 0.6 is 11.6 Å². The first kappa shape index (κ1) is 16.1. The molecule has 1 amide bonds. The SMILES string of the molecule is Cc1cccc(Cl)c1C1=CCOc2ccc(C(=O)N=C(N)N)cc21. The minimum atomic E-state index is -0.501. The van der Waals surface area contributed by atoms with Gasteiger partial charge < -0.3 is 16.2 Å². The van der Waals surface area contributed by atoms with Gasteiger partial charge in [-0.05, 0) is 48.4 Å². The lowest BCUT2D eigenvalue weighted by Gasteiger charge is -2.21. The lowest BCUT2D eigenvalue weighted by molar-refractivity contribution is 0.100. The molecule has 0 unspecified atom stereocenters. The highest BCUT2D eigenvalue weighted by molar-refractivity contribution is 6.32. The minimum absolute atomic E-state index is 0.272. The summed E-state index contributed by atoms with van der Waals surface area (Å²) in [5, 5.41) is 0.648. The number of guanidine groups is 1. The number of benzene rings is 2. The van der Waals surface area contributed by atoms with Gasteiger partial charge in [0.2, 0.25) is 0 Å². The van der Waals surface area contributed by atoms with Crippen molar-refractivity contribution in [3.05, 3.63) is 69.8 Å². The Morgan fingerprint density at radius 2 is 2.04 bits per heavy atom. The largest absolute Gasteiger partial charge is 0.489 e. The molecule has 0 saturated carbocycles. The Labute approximate surface area is 144 Å². The molecule has 0 aromatic heterocycles. The third-order valence-corrected chi connectivity index (χ3v) is 4.08. The number of aryl methyl sites for hydroxylation is 1. The van der Waals surface area contributed by atoms with Gasteiger partial charge in [0.1, 0.15) is 12.4 Å². The molecule has 0 atom stereocenters. The molecule has 4 N–H and O–H groups in total. The van der Waals surface area contributed by atoms with Gasteiger partial charge >= 0.3 is 0 Å². The monoisotopic (exact) mass is 341 g/mol. The molecule has 3 rings (SSSR count). The van der Waals surface area contributed by atoms with Crippen LogP contribution in [0.1, 0.15) is 27.0 Å². The molecule has 6 heteroatoms. The molecule has 24 heavy (non-hydrogen) atoms. The molecular formula is C18H16ClN3O2. The van der Waals surface area contributed by atoms with Gasteiger partial charge in [0, 0.05) is 21.7 Å².